The summed E-state index contributed by atoms with van der Waals surface area (Å²) in [6, 6.07) is 7.37. The number of rotatable bonds is 8. The van der Waals surface area contributed by atoms with Gasteiger partial charge in [-0.3, -0.25) is 4.79 Å². The zero-order chi connectivity index (χ0) is 15.2. The summed E-state index contributed by atoms with van der Waals surface area (Å²) in [5.41, 5.74) is 7.07. The Labute approximate surface area is 131 Å². The van der Waals surface area contributed by atoms with Crippen LogP contribution in [0, 0.1) is 5.92 Å². The van der Waals surface area contributed by atoms with Gasteiger partial charge in [0.05, 0.1) is 5.69 Å². The third kappa shape index (κ3) is 5.44. The first-order valence-electron chi connectivity index (χ1n) is 7.43. The van der Waals surface area contributed by atoms with Gasteiger partial charge >= 0.3 is 0 Å². The van der Waals surface area contributed by atoms with Crippen LogP contribution >= 0.6 is 12.2 Å². The Morgan fingerprint density at radius 3 is 2.81 bits per heavy atom. The lowest BCUT2D eigenvalue weighted by molar-refractivity contribution is -0.116. The number of nitrogens with two attached hydrogens (primary N) is 1. The van der Waals surface area contributed by atoms with Crippen LogP contribution in [0.2, 0.25) is 0 Å². The molecule has 114 valence electrons. The summed E-state index contributed by atoms with van der Waals surface area (Å²) in [7, 11) is 2.12. The van der Waals surface area contributed by atoms with Crippen LogP contribution in [0.15, 0.2) is 24.3 Å². The Kier molecular flexibility index (Phi) is 5.70. The highest BCUT2D eigenvalue weighted by molar-refractivity contribution is 7.80. The van der Waals surface area contributed by atoms with Crippen LogP contribution in [-0.4, -0.2) is 35.9 Å². The fourth-order valence-electron chi connectivity index (χ4n) is 2.36. The number of hydrogen-bond acceptors (Lipinski definition) is 3. The quantitative estimate of drug-likeness (QED) is 0.724. The number of benzene rings is 1. The van der Waals surface area contributed by atoms with Crippen molar-refractivity contribution < 1.29 is 4.79 Å². The van der Waals surface area contributed by atoms with Crippen LogP contribution in [0.5, 0.6) is 0 Å². The van der Waals surface area contributed by atoms with E-state index in [1.165, 1.54) is 12.8 Å². The van der Waals surface area contributed by atoms with Gasteiger partial charge in [0.15, 0.2) is 0 Å². The minimum atomic E-state index is 0.0125. The van der Waals surface area contributed by atoms with E-state index in [2.05, 4.69) is 17.3 Å². The summed E-state index contributed by atoms with van der Waals surface area (Å²) in [4.78, 5) is 14.6. The molecule has 0 unspecified atom stereocenters. The SMILES string of the molecule is CN(CCCC(=O)Nc1ccccc1C(N)=S)CC1CC1. The van der Waals surface area contributed by atoms with Crippen molar-refractivity contribution in [2.24, 2.45) is 11.7 Å². The van der Waals surface area contributed by atoms with E-state index in [4.69, 9.17) is 18.0 Å². The zero-order valence-electron chi connectivity index (χ0n) is 12.5. The van der Waals surface area contributed by atoms with E-state index in [1.807, 2.05) is 24.3 Å². The Balaban J connectivity index is 1.75. The molecule has 2 rings (SSSR count). The summed E-state index contributed by atoms with van der Waals surface area (Å²) in [6.45, 7) is 2.12. The van der Waals surface area contributed by atoms with Crippen molar-refractivity contribution in [3.8, 4) is 0 Å². The van der Waals surface area contributed by atoms with Gasteiger partial charge in [-0.1, -0.05) is 24.4 Å². The Morgan fingerprint density at radius 1 is 1.43 bits per heavy atom. The molecule has 1 amide bonds. The van der Waals surface area contributed by atoms with Crippen LogP contribution in [-0.2, 0) is 4.79 Å². The van der Waals surface area contributed by atoms with E-state index >= 15 is 0 Å². The van der Waals surface area contributed by atoms with Crippen LogP contribution < -0.4 is 11.1 Å². The Morgan fingerprint density at radius 2 is 2.14 bits per heavy atom. The molecule has 1 aliphatic carbocycles. The van der Waals surface area contributed by atoms with Gasteiger partial charge in [-0.2, -0.15) is 0 Å². The van der Waals surface area contributed by atoms with Gasteiger partial charge in [0.25, 0.3) is 0 Å². The van der Waals surface area contributed by atoms with Gasteiger partial charge in [-0.05, 0) is 50.9 Å². The molecule has 3 N–H and O–H groups in total. The molecule has 0 atom stereocenters. The summed E-state index contributed by atoms with van der Waals surface area (Å²) >= 11 is 4.99. The molecule has 0 aliphatic heterocycles. The largest absolute Gasteiger partial charge is 0.389 e. The second-order valence-electron chi connectivity index (χ2n) is 5.77. The van der Waals surface area contributed by atoms with Crippen molar-refractivity contribution in [2.75, 3.05) is 25.5 Å². The Hall–Kier alpha value is -1.46. The normalized spacial score (nSPS) is 14.2. The van der Waals surface area contributed by atoms with Crippen LogP contribution in [0.1, 0.15) is 31.2 Å². The van der Waals surface area contributed by atoms with Crippen molar-refractivity contribution in [2.45, 2.75) is 25.7 Å². The molecule has 0 bridgehead atoms. The highest BCUT2D eigenvalue weighted by Gasteiger charge is 2.22. The highest BCUT2D eigenvalue weighted by Crippen LogP contribution is 2.29. The van der Waals surface area contributed by atoms with Crippen LogP contribution in [0.4, 0.5) is 5.69 Å². The predicted molar refractivity (Wildman–Crippen MR) is 90.4 cm³/mol. The van der Waals surface area contributed by atoms with E-state index in [-0.39, 0.29) is 5.91 Å². The lowest BCUT2D eigenvalue weighted by Crippen LogP contribution is -2.24. The number of thiocarbonyl (C=S) groups is 1. The summed E-state index contributed by atoms with van der Waals surface area (Å²) in [5, 5.41) is 2.89. The Bertz CT molecular complexity index is 514. The second kappa shape index (κ2) is 7.52. The molecule has 0 heterocycles. The third-order valence-electron chi connectivity index (χ3n) is 3.68. The van der Waals surface area contributed by atoms with Gasteiger partial charge < -0.3 is 16.0 Å². The first kappa shape index (κ1) is 15.9. The maximum absolute atomic E-state index is 12.0. The summed E-state index contributed by atoms with van der Waals surface area (Å²) < 4.78 is 0. The number of carbonyl (C=O) groups is 1. The van der Waals surface area contributed by atoms with E-state index in [1.54, 1.807) is 0 Å². The lowest BCUT2D eigenvalue weighted by Gasteiger charge is -2.16. The number of hydrogen-bond donors (Lipinski definition) is 2. The number of nitrogens with one attached hydrogen (secondary N) is 1. The molecule has 0 spiro atoms. The molecule has 1 aromatic carbocycles. The monoisotopic (exact) mass is 305 g/mol. The molecule has 1 saturated carbocycles. The molecule has 0 radical (unpaired) electrons. The molecule has 0 saturated heterocycles. The molecule has 21 heavy (non-hydrogen) atoms. The van der Waals surface area contributed by atoms with Crippen molar-refractivity contribution in [3.63, 3.8) is 0 Å². The van der Waals surface area contributed by atoms with Gasteiger partial charge in [-0.15, -0.1) is 0 Å². The fourth-order valence-corrected chi connectivity index (χ4v) is 2.54. The van der Waals surface area contributed by atoms with E-state index in [9.17, 15) is 4.79 Å². The van der Waals surface area contributed by atoms with E-state index in [0.29, 0.717) is 22.7 Å². The van der Waals surface area contributed by atoms with Gasteiger partial charge in [0, 0.05) is 18.5 Å². The zero-order valence-corrected chi connectivity index (χ0v) is 13.3. The van der Waals surface area contributed by atoms with Crippen LogP contribution in [0.3, 0.4) is 0 Å². The molecule has 1 aliphatic rings. The number of para-hydroxylation sites is 1. The summed E-state index contributed by atoms with van der Waals surface area (Å²) in [6.07, 6.45) is 4.10. The molecular weight excluding hydrogens is 282 g/mol. The lowest BCUT2D eigenvalue weighted by atomic mass is 10.1. The van der Waals surface area contributed by atoms with Crippen molar-refractivity contribution in [3.05, 3.63) is 29.8 Å². The van der Waals surface area contributed by atoms with E-state index < -0.39 is 0 Å². The molecule has 4 nitrogen and oxygen atoms in total. The van der Waals surface area contributed by atoms with Gasteiger partial charge in [-0.25, -0.2) is 0 Å². The minimum Gasteiger partial charge on any atom is -0.389 e. The minimum absolute atomic E-state index is 0.0125. The third-order valence-corrected chi connectivity index (χ3v) is 3.90. The molecule has 1 aromatic rings. The molecule has 1 fully saturated rings. The first-order valence-corrected chi connectivity index (χ1v) is 7.84. The van der Waals surface area contributed by atoms with Gasteiger partial charge in [0.2, 0.25) is 5.91 Å². The molecular formula is C16H23N3OS. The van der Waals surface area contributed by atoms with Crippen molar-refractivity contribution in [1.29, 1.82) is 0 Å². The fraction of sp³-hybridized carbons (Fsp3) is 0.500. The molecule has 0 aromatic heterocycles. The number of amides is 1. The summed E-state index contributed by atoms with van der Waals surface area (Å²) in [5.74, 6) is 0.903. The maximum Gasteiger partial charge on any atom is 0.224 e. The average Bonchev–Trinajstić information content (AvgIpc) is 3.23. The predicted octanol–water partition coefficient (Wildman–Crippen LogP) is 2.38. The number of nitrogens with zero attached hydrogens (tertiary/aromatic N) is 1. The van der Waals surface area contributed by atoms with Crippen LogP contribution in [0.25, 0.3) is 0 Å². The van der Waals surface area contributed by atoms with Crippen molar-refractivity contribution >= 4 is 28.8 Å². The topological polar surface area (TPSA) is 58.4 Å². The highest BCUT2D eigenvalue weighted by atomic mass is 32.1. The first-order chi connectivity index (χ1) is 10.1. The number of anilines is 1. The van der Waals surface area contributed by atoms with E-state index in [0.717, 1.165) is 25.4 Å². The maximum atomic E-state index is 12.0. The standard InChI is InChI=1S/C16H23N3OS/c1-19(11-12-8-9-12)10-4-7-15(20)18-14-6-3-2-5-13(14)16(17)21/h2-3,5-6,12H,4,7-11H2,1H3,(H2,17,21)(H,18,20). The second-order valence-corrected chi connectivity index (χ2v) is 6.21. The number of carbonyl (C=O) groups excluding carboxylic acids is 1. The smallest absolute Gasteiger partial charge is 0.224 e. The van der Waals surface area contributed by atoms with Crippen molar-refractivity contribution in [1.82, 2.24) is 4.90 Å². The average molecular weight is 305 g/mol. The van der Waals surface area contributed by atoms with Gasteiger partial charge in [0.1, 0.15) is 4.99 Å². The molecule has 5 heteroatoms.